The number of oxazole rings is 1. The van der Waals surface area contributed by atoms with E-state index in [-0.39, 0.29) is 12.4 Å². The quantitative estimate of drug-likeness (QED) is 0.740. The van der Waals surface area contributed by atoms with Gasteiger partial charge in [0.2, 0.25) is 5.89 Å². The van der Waals surface area contributed by atoms with Crippen molar-refractivity contribution in [2.45, 2.75) is 17.5 Å². The first-order valence-electron chi connectivity index (χ1n) is 5.84. The highest BCUT2D eigenvalue weighted by Crippen LogP contribution is 2.24. The molecule has 0 aliphatic carbocycles. The van der Waals surface area contributed by atoms with E-state index in [0.29, 0.717) is 33.7 Å². The predicted molar refractivity (Wildman–Crippen MR) is 70.5 cm³/mol. The van der Waals surface area contributed by atoms with Gasteiger partial charge >= 0.3 is 0 Å². The number of aliphatic hydroxyl groups excluding tert-OH is 1. The summed E-state index contributed by atoms with van der Waals surface area (Å²) in [6, 6.07) is 4.22. The van der Waals surface area contributed by atoms with Gasteiger partial charge in [0, 0.05) is 13.1 Å². The van der Waals surface area contributed by atoms with Gasteiger partial charge in [-0.25, -0.2) is 9.37 Å². The second kappa shape index (κ2) is 5.22. The average molecular weight is 294 g/mol. The zero-order valence-electron chi connectivity index (χ0n) is 10.6. The average Bonchev–Trinajstić information content (AvgIpc) is 2.99. The Morgan fingerprint density at radius 3 is 3.00 bits per heavy atom. The molecule has 0 spiro atoms. The van der Waals surface area contributed by atoms with E-state index in [4.69, 9.17) is 9.52 Å². The van der Waals surface area contributed by atoms with Crippen LogP contribution in [0.2, 0.25) is 0 Å². The number of aliphatic hydroxyl groups is 1. The lowest BCUT2D eigenvalue weighted by Gasteiger charge is -1.99. The number of rotatable bonds is 4. The minimum Gasteiger partial charge on any atom is -0.440 e. The third-order valence-corrected chi connectivity index (χ3v) is 3.79. The second-order valence-electron chi connectivity index (χ2n) is 4.12. The minimum absolute atomic E-state index is 0.160. The van der Waals surface area contributed by atoms with E-state index in [9.17, 15) is 4.39 Å². The summed E-state index contributed by atoms with van der Waals surface area (Å²) in [5, 5.41) is 17.5. The van der Waals surface area contributed by atoms with Crippen molar-refractivity contribution in [1.29, 1.82) is 0 Å². The molecule has 0 bridgehead atoms. The SMILES string of the molecule is Cn1c(CO)nnc1SCc1nc2cc(F)ccc2o1. The van der Waals surface area contributed by atoms with Crippen LogP contribution in [0.1, 0.15) is 11.7 Å². The maximum Gasteiger partial charge on any atom is 0.205 e. The van der Waals surface area contributed by atoms with Crippen molar-refractivity contribution >= 4 is 22.9 Å². The molecule has 104 valence electrons. The van der Waals surface area contributed by atoms with Gasteiger partial charge in [-0.3, -0.25) is 0 Å². The van der Waals surface area contributed by atoms with Gasteiger partial charge in [-0.05, 0) is 12.1 Å². The molecular formula is C12H11FN4O2S. The summed E-state index contributed by atoms with van der Waals surface area (Å²) in [6.45, 7) is -0.160. The van der Waals surface area contributed by atoms with Gasteiger partial charge in [-0.15, -0.1) is 10.2 Å². The summed E-state index contributed by atoms with van der Waals surface area (Å²) in [7, 11) is 1.77. The zero-order chi connectivity index (χ0) is 14.1. The molecule has 0 saturated carbocycles. The number of fused-ring (bicyclic) bond motifs is 1. The Hall–Kier alpha value is -1.93. The van der Waals surface area contributed by atoms with Crippen LogP contribution in [-0.4, -0.2) is 24.9 Å². The Balaban J connectivity index is 1.77. The first-order valence-corrected chi connectivity index (χ1v) is 6.83. The van der Waals surface area contributed by atoms with Gasteiger partial charge in [0.05, 0.1) is 5.75 Å². The minimum atomic E-state index is -0.342. The van der Waals surface area contributed by atoms with Crippen LogP contribution in [0.15, 0.2) is 27.8 Å². The topological polar surface area (TPSA) is 77.0 Å². The lowest BCUT2D eigenvalue weighted by atomic mass is 10.3. The molecule has 0 unspecified atom stereocenters. The number of aromatic nitrogens is 4. The van der Waals surface area contributed by atoms with Gasteiger partial charge < -0.3 is 14.1 Å². The summed E-state index contributed by atoms with van der Waals surface area (Å²) in [6.07, 6.45) is 0. The standard InChI is InChI=1S/C12H11FN4O2S/c1-17-10(5-18)15-16-12(17)20-6-11-14-8-4-7(13)2-3-9(8)19-11/h2-4,18H,5-6H2,1H3. The van der Waals surface area contributed by atoms with Crippen molar-refractivity contribution in [2.24, 2.45) is 7.05 Å². The molecule has 8 heteroatoms. The van der Waals surface area contributed by atoms with Crippen LogP contribution in [0.4, 0.5) is 4.39 Å². The number of nitrogens with zero attached hydrogens (tertiary/aromatic N) is 4. The van der Waals surface area contributed by atoms with Crippen molar-refractivity contribution in [3.05, 3.63) is 35.7 Å². The maximum absolute atomic E-state index is 13.1. The molecule has 0 fully saturated rings. The second-order valence-corrected chi connectivity index (χ2v) is 5.07. The van der Waals surface area contributed by atoms with Crippen LogP contribution < -0.4 is 0 Å². The van der Waals surface area contributed by atoms with Crippen molar-refractivity contribution in [3.8, 4) is 0 Å². The van der Waals surface area contributed by atoms with Crippen molar-refractivity contribution in [3.63, 3.8) is 0 Å². The van der Waals surface area contributed by atoms with Crippen LogP contribution in [-0.2, 0) is 19.4 Å². The van der Waals surface area contributed by atoms with E-state index < -0.39 is 0 Å². The number of halogens is 1. The highest BCUT2D eigenvalue weighted by Gasteiger charge is 2.11. The molecule has 2 aromatic heterocycles. The van der Waals surface area contributed by atoms with Crippen molar-refractivity contribution < 1.29 is 13.9 Å². The van der Waals surface area contributed by atoms with Crippen LogP contribution in [0.25, 0.3) is 11.1 Å². The summed E-state index contributed by atoms with van der Waals surface area (Å²) in [4.78, 5) is 4.21. The Morgan fingerprint density at radius 2 is 2.25 bits per heavy atom. The van der Waals surface area contributed by atoms with Crippen LogP contribution in [0.5, 0.6) is 0 Å². The van der Waals surface area contributed by atoms with E-state index >= 15 is 0 Å². The fourth-order valence-electron chi connectivity index (χ4n) is 1.74. The van der Waals surface area contributed by atoms with Gasteiger partial charge in [0.25, 0.3) is 0 Å². The maximum atomic E-state index is 13.1. The zero-order valence-corrected chi connectivity index (χ0v) is 11.4. The fraction of sp³-hybridized carbons (Fsp3) is 0.250. The summed E-state index contributed by atoms with van der Waals surface area (Å²) in [5.74, 6) is 1.09. The molecule has 3 rings (SSSR count). The van der Waals surface area contributed by atoms with Gasteiger partial charge in [-0.2, -0.15) is 0 Å². The largest absolute Gasteiger partial charge is 0.440 e. The highest BCUT2D eigenvalue weighted by molar-refractivity contribution is 7.98. The molecule has 2 heterocycles. The lowest BCUT2D eigenvalue weighted by molar-refractivity contribution is 0.266. The first kappa shape index (κ1) is 13.1. The van der Waals surface area contributed by atoms with E-state index in [0.717, 1.165) is 0 Å². The third kappa shape index (κ3) is 2.39. The number of hydrogen-bond acceptors (Lipinski definition) is 6. The molecule has 3 aromatic rings. The molecule has 0 atom stereocenters. The fourth-order valence-corrected chi connectivity index (χ4v) is 2.52. The summed E-state index contributed by atoms with van der Waals surface area (Å²) in [5.41, 5.74) is 1.05. The predicted octanol–water partition coefficient (Wildman–Crippen LogP) is 1.88. The lowest BCUT2D eigenvalue weighted by Crippen LogP contribution is -1.98. The Kier molecular flexibility index (Phi) is 3.41. The van der Waals surface area contributed by atoms with Crippen molar-refractivity contribution in [1.82, 2.24) is 19.7 Å². The van der Waals surface area contributed by atoms with Crippen LogP contribution >= 0.6 is 11.8 Å². The van der Waals surface area contributed by atoms with E-state index in [1.807, 2.05) is 0 Å². The molecule has 0 radical (unpaired) electrons. The number of hydrogen-bond donors (Lipinski definition) is 1. The summed E-state index contributed by atoms with van der Waals surface area (Å²) >= 11 is 1.38. The Morgan fingerprint density at radius 1 is 1.40 bits per heavy atom. The third-order valence-electron chi connectivity index (χ3n) is 2.79. The Labute approximate surface area is 117 Å². The Bertz CT molecular complexity index is 755. The normalized spacial score (nSPS) is 11.3. The molecular weight excluding hydrogens is 283 g/mol. The number of thioether (sulfide) groups is 1. The molecule has 1 aromatic carbocycles. The van der Waals surface area contributed by atoms with E-state index in [1.165, 1.54) is 23.9 Å². The highest BCUT2D eigenvalue weighted by atomic mass is 32.2. The van der Waals surface area contributed by atoms with Gasteiger partial charge in [0.1, 0.15) is 17.9 Å². The molecule has 6 nitrogen and oxygen atoms in total. The van der Waals surface area contributed by atoms with Crippen LogP contribution in [0, 0.1) is 5.82 Å². The molecule has 20 heavy (non-hydrogen) atoms. The number of benzene rings is 1. The first-order chi connectivity index (χ1) is 9.67. The molecule has 0 amide bonds. The molecule has 1 N–H and O–H groups in total. The summed E-state index contributed by atoms with van der Waals surface area (Å²) < 4.78 is 20.3. The molecule has 0 saturated heterocycles. The van der Waals surface area contributed by atoms with Crippen LogP contribution in [0.3, 0.4) is 0 Å². The van der Waals surface area contributed by atoms with Gasteiger partial charge in [0.15, 0.2) is 16.6 Å². The monoisotopic (exact) mass is 294 g/mol. The smallest absolute Gasteiger partial charge is 0.205 e. The molecule has 0 aliphatic heterocycles. The molecule has 0 aliphatic rings. The van der Waals surface area contributed by atoms with E-state index in [2.05, 4.69) is 15.2 Å². The van der Waals surface area contributed by atoms with Crippen molar-refractivity contribution in [2.75, 3.05) is 0 Å². The van der Waals surface area contributed by atoms with Gasteiger partial charge in [-0.1, -0.05) is 11.8 Å². The van der Waals surface area contributed by atoms with E-state index in [1.54, 1.807) is 17.7 Å².